The number of aromatic nitrogens is 1. The number of anilines is 1. The first-order valence-electron chi connectivity index (χ1n) is 9.23. The van der Waals surface area contributed by atoms with Crippen molar-refractivity contribution in [2.45, 2.75) is 12.8 Å². The predicted molar refractivity (Wildman–Crippen MR) is 109 cm³/mol. The molecule has 1 aliphatic rings. The van der Waals surface area contributed by atoms with Crippen LogP contribution in [0, 0.1) is 0 Å². The Morgan fingerprint density at radius 1 is 0.926 bits per heavy atom. The Hall–Kier alpha value is -2.95. The molecule has 0 amide bonds. The lowest BCUT2D eigenvalue weighted by Gasteiger charge is -2.22. The van der Waals surface area contributed by atoms with Crippen LogP contribution in [-0.4, -0.2) is 31.9 Å². The van der Waals surface area contributed by atoms with E-state index in [1.807, 2.05) is 54.2 Å². The van der Waals surface area contributed by atoms with Gasteiger partial charge in [0.1, 0.15) is 11.5 Å². The number of aryl methyl sites for hydroxylation is 1. The van der Waals surface area contributed by atoms with Crippen LogP contribution in [0.4, 0.5) is 5.69 Å². The van der Waals surface area contributed by atoms with Gasteiger partial charge in [0.25, 0.3) is 0 Å². The molecule has 0 spiro atoms. The molecule has 5 heteroatoms. The summed E-state index contributed by atoms with van der Waals surface area (Å²) in [5.41, 5.74) is 3.49. The molecule has 1 aromatic heterocycles. The van der Waals surface area contributed by atoms with Crippen LogP contribution in [0.25, 0.3) is 22.0 Å². The second kappa shape index (κ2) is 6.99. The van der Waals surface area contributed by atoms with Crippen LogP contribution in [0.15, 0.2) is 47.4 Å². The Balaban J connectivity index is 1.98. The first-order valence-corrected chi connectivity index (χ1v) is 9.23. The van der Waals surface area contributed by atoms with Crippen molar-refractivity contribution in [2.75, 3.05) is 32.2 Å². The molecule has 0 saturated carbocycles. The van der Waals surface area contributed by atoms with Gasteiger partial charge in [0.2, 0.25) is 0 Å². The van der Waals surface area contributed by atoms with E-state index in [1.54, 1.807) is 14.2 Å². The molecule has 0 radical (unpaired) electrons. The van der Waals surface area contributed by atoms with Crippen molar-refractivity contribution in [2.24, 2.45) is 7.05 Å². The highest BCUT2D eigenvalue weighted by Gasteiger charge is 2.20. The number of benzene rings is 2. The first kappa shape index (κ1) is 17.5. The van der Waals surface area contributed by atoms with Crippen LogP contribution in [0.5, 0.6) is 11.5 Å². The molecule has 0 atom stereocenters. The summed E-state index contributed by atoms with van der Waals surface area (Å²) in [6.45, 7) is 1.94. The van der Waals surface area contributed by atoms with Gasteiger partial charge in [-0.25, -0.2) is 0 Å². The lowest BCUT2D eigenvalue weighted by Crippen LogP contribution is -2.21. The standard InChI is InChI=1S/C22H24N2O3/c1-23-14-18(15-6-8-16(26-2)9-7-15)22(25)21-19(23)12-17(27-3)13-20(21)24-10-4-5-11-24/h6-9,12-14H,4-5,10-11H2,1-3H3. The third-order valence-corrected chi connectivity index (χ3v) is 5.33. The van der Waals surface area contributed by atoms with Gasteiger partial charge < -0.3 is 18.9 Å². The molecular weight excluding hydrogens is 340 g/mol. The molecule has 1 aliphatic heterocycles. The Labute approximate surface area is 158 Å². The summed E-state index contributed by atoms with van der Waals surface area (Å²) >= 11 is 0. The molecule has 2 heterocycles. The fourth-order valence-corrected chi connectivity index (χ4v) is 3.86. The predicted octanol–water partition coefficient (Wildman–Crippen LogP) is 3.82. The van der Waals surface area contributed by atoms with E-state index < -0.39 is 0 Å². The minimum atomic E-state index is 0.0535. The van der Waals surface area contributed by atoms with Gasteiger partial charge in [0.15, 0.2) is 5.43 Å². The van der Waals surface area contributed by atoms with Crippen LogP contribution >= 0.6 is 0 Å². The van der Waals surface area contributed by atoms with Gasteiger partial charge in [-0.15, -0.1) is 0 Å². The third-order valence-electron chi connectivity index (χ3n) is 5.33. The maximum absolute atomic E-state index is 13.5. The molecule has 1 saturated heterocycles. The molecule has 0 aliphatic carbocycles. The van der Waals surface area contributed by atoms with Crippen molar-refractivity contribution in [3.8, 4) is 22.6 Å². The van der Waals surface area contributed by atoms with Crippen molar-refractivity contribution < 1.29 is 9.47 Å². The van der Waals surface area contributed by atoms with Gasteiger partial charge in [-0.3, -0.25) is 4.79 Å². The zero-order valence-electron chi connectivity index (χ0n) is 16.0. The molecule has 2 aromatic carbocycles. The highest BCUT2D eigenvalue weighted by molar-refractivity contribution is 5.96. The van der Waals surface area contributed by atoms with Gasteiger partial charge in [-0.1, -0.05) is 12.1 Å². The highest BCUT2D eigenvalue weighted by atomic mass is 16.5. The average molecular weight is 364 g/mol. The molecule has 140 valence electrons. The second-order valence-electron chi connectivity index (χ2n) is 6.95. The Morgan fingerprint density at radius 3 is 2.22 bits per heavy atom. The SMILES string of the molecule is COc1ccc(-c2cn(C)c3cc(OC)cc(N4CCCC4)c3c2=O)cc1. The molecule has 3 aromatic rings. The van der Waals surface area contributed by atoms with E-state index in [-0.39, 0.29) is 5.43 Å². The van der Waals surface area contributed by atoms with Gasteiger partial charge in [-0.2, -0.15) is 0 Å². The van der Waals surface area contributed by atoms with Crippen molar-refractivity contribution >= 4 is 16.6 Å². The molecule has 0 N–H and O–H groups in total. The average Bonchev–Trinajstić information content (AvgIpc) is 3.24. The van der Waals surface area contributed by atoms with E-state index in [0.29, 0.717) is 5.56 Å². The maximum Gasteiger partial charge on any atom is 0.199 e. The molecule has 0 unspecified atom stereocenters. The summed E-state index contributed by atoms with van der Waals surface area (Å²) in [5.74, 6) is 1.55. The van der Waals surface area contributed by atoms with E-state index in [2.05, 4.69) is 4.90 Å². The van der Waals surface area contributed by atoms with Crippen molar-refractivity contribution in [3.05, 3.63) is 52.8 Å². The van der Waals surface area contributed by atoms with Crippen molar-refractivity contribution in [3.63, 3.8) is 0 Å². The minimum Gasteiger partial charge on any atom is -0.497 e. The van der Waals surface area contributed by atoms with Gasteiger partial charge in [0, 0.05) is 44.0 Å². The number of rotatable bonds is 4. The topological polar surface area (TPSA) is 43.7 Å². The van der Waals surface area contributed by atoms with Gasteiger partial charge in [-0.05, 0) is 30.5 Å². The summed E-state index contributed by atoms with van der Waals surface area (Å²) in [7, 11) is 5.28. The van der Waals surface area contributed by atoms with Crippen molar-refractivity contribution in [1.29, 1.82) is 0 Å². The maximum atomic E-state index is 13.5. The highest BCUT2D eigenvalue weighted by Crippen LogP contribution is 2.33. The lowest BCUT2D eigenvalue weighted by atomic mass is 10.0. The quantitative estimate of drug-likeness (QED) is 0.706. The number of fused-ring (bicyclic) bond motifs is 1. The lowest BCUT2D eigenvalue weighted by molar-refractivity contribution is 0.415. The van der Waals surface area contributed by atoms with Crippen LogP contribution in [0.1, 0.15) is 12.8 Å². The molecule has 5 nitrogen and oxygen atoms in total. The van der Waals surface area contributed by atoms with Gasteiger partial charge >= 0.3 is 0 Å². The number of pyridine rings is 1. The van der Waals surface area contributed by atoms with E-state index in [0.717, 1.165) is 59.6 Å². The molecule has 4 rings (SSSR count). The zero-order chi connectivity index (χ0) is 19.0. The number of hydrogen-bond acceptors (Lipinski definition) is 4. The fraction of sp³-hybridized carbons (Fsp3) is 0.318. The van der Waals surface area contributed by atoms with Gasteiger partial charge in [0.05, 0.1) is 30.8 Å². The van der Waals surface area contributed by atoms with E-state index in [1.165, 1.54) is 0 Å². The Kier molecular flexibility index (Phi) is 4.52. The minimum absolute atomic E-state index is 0.0535. The molecule has 0 bridgehead atoms. The first-order chi connectivity index (χ1) is 13.1. The third kappa shape index (κ3) is 3.03. The van der Waals surface area contributed by atoms with E-state index >= 15 is 0 Å². The molecule has 27 heavy (non-hydrogen) atoms. The number of ether oxygens (including phenoxy) is 2. The molecular formula is C22H24N2O3. The van der Waals surface area contributed by atoms with Crippen LogP contribution in [0.2, 0.25) is 0 Å². The summed E-state index contributed by atoms with van der Waals surface area (Å²) in [5, 5.41) is 0.758. The van der Waals surface area contributed by atoms with E-state index in [4.69, 9.17) is 9.47 Å². The second-order valence-corrected chi connectivity index (χ2v) is 6.95. The molecule has 1 fully saturated rings. The van der Waals surface area contributed by atoms with Crippen LogP contribution in [-0.2, 0) is 7.05 Å². The number of hydrogen-bond donors (Lipinski definition) is 0. The smallest absolute Gasteiger partial charge is 0.199 e. The van der Waals surface area contributed by atoms with Crippen LogP contribution < -0.4 is 19.8 Å². The van der Waals surface area contributed by atoms with Crippen molar-refractivity contribution in [1.82, 2.24) is 4.57 Å². The number of nitrogens with zero attached hydrogens (tertiary/aromatic N) is 2. The fourth-order valence-electron chi connectivity index (χ4n) is 3.86. The summed E-state index contributed by atoms with van der Waals surface area (Å²) in [4.78, 5) is 15.8. The normalized spacial score (nSPS) is 14.0. The summed E-state index contributed by atoms with van der Waals surface area (Å²) in [6, 6.07) is 11.6. The summed E-state index contributed by atoms with van der Waals surface area (Å²) < 4.78 is 12.8. The largest absolute Gasteiger partial charge is 0.497 e. The Bertz CT molecular complexity index is 1030. The van der Waals surface area contributed by atoms with E-state index in [9.17, 15) is 4.79 Å². The Morgan fingerprint density at radius 2 is 1.59 bits per heavy atom. The zero-order valence-corrected chi connectivity index (χ0v) is 16.0. The monoisotopic (exact) mass is 364 g/mol. The summed E-state index contributed by atoms with van der Waals surface area (Å²) in [6.07, 6.45) is 4.20. The number of methoxy groups -OCH3 is 2. The van der Waals surface area contributed by atoms with Crippen LogP contribution in [0.3, 0.4) is 0 Å².